The maximum Gasteiger partial charge on any atom is 0.431 e. The number of nitrogens with one attached hydrogen (secondary N) is 2. The van der Waals surface area contributed by atoms with Crippen molar-refractivity contribution in [3.05, 3.63) is 35.4 Å². The Morgan fingerprint density at radius 1 is 1.21 bits per heavy atom. The van der Waals surface area contributed by atoms with Gasteiger partial charge < -0.3 is 15.3 Å². The van der Waals surface area contributed by atoms with Crippen molar-refractivity contribution < 1.29 is 24.3 Å². The molecule has 132 valence electrons. The number of hydrogen-bond donors (Lipinski definition) is 3. The van der Waals surface area contributed by atoms with Crippen molar-refractivity contribution in [1.29, 1.82) is 0 Å². The summed E-state index contributed by atoms with van der Waals surface area (Å²) in [5.41, 5.74) is 3.27. The number of carboxylic acid groups (broad SMARTS) is 1. The van der Waals surface area contributed by atoms with Gasteiger partial charge in [0.1, 0.15) is 0 Å². The third kappa shape index (κ3) is 7.62. The molecule has 3 N–H and O–H groups in total. The van der Waals surface area contributed by atoms with Gasteiger partial charge in [0, 0.05) is 12.5 Å². The van der Waals surface area contributed by atoms with Gasteiger partial charge in [-0.3, -0.25) is 4.79 Å². The Morgan fingerprint density at radius 3 is 2.54 bits per heavy atom. The van der Waals surface area contributed by atoms with Gasteiger partial charge in [-0.05, 0) is 50.3 Å². The minimum absolute atomic E-state index is 0.0732. The molecule has 0 spiro atoms. The van der Waals surface area contributed by atoms with Crippen LogP contribution in [0.15, 0.2) is 24.3 Å². The normalized spacial score (nSPS) is 11.7. The van der Waals surface area contributed by atoms with Gasteiger partial charge in [0.25, 0.3) is 5.91 Å². The molecular formula is C17H24N2O5. The van der Waals surface area contributed by atoms with Crippen LogP contribution < -0.4 is 10.8 Å². The zero-order chi connectivity index (χ0) is 18.1. The van der Waals surface area contributed by atoms with Crippen molar-refractivity contribution in [1.82, 2.24) is 10.8 Å². The van der Waals surface area contributed by atoms with E-state index < -0.39 is 12.1 Å². The lowest BCUT2D eigenvalue weighted by Gasteiger charge is -2.12. The summed E-state index contributed by atoms with van der Waals surface area (Å²) in [5.74, 6) is -1.15. The second-order valence-corrected chi connectivity index (χ2v) is 6.07. The van der Waals surface area contributed by atoms with Crippen LogP contribution >= 0.6 is 0 Å². The average molecular weight is 336 g/mol. The predicted octanol–water partition coefficient (Wildman–Crippen LogP) is 2.51. The molecule has 1 unspecified atom stereocenters. The van der Waals surface area contributed by atoms with Crippen LogP contribution in [0, 0.1) is 5.92 Å². The molecular weight excluding hydrogens is 312 g/mol. The zero-order valence-corrected chi connectivity index (χ0v) is 14.2. The number of hydroxylamine groups is 1. The summed E-state index contributed by atoms with van der Waals surface area (Å²) >= 11 is 0. The Hall–Kier alpha value is -2.57. The summed E-state index contributed by atoms with van der Waals surface area (Å²) in [4.78, 5) is 38.4. The van der Waals surface area contributed by atoms with Gasteiger partial charge >= 0.3 is 12.1 Å². The topological polar surface area (TPSA) is 105 Å². The maximum absolute atomic E-state index is 11.6. The molecule has 1 atom stereocenters. The van der Waals surface area contributed by atoms with Gasteiger partial charge in [-0.25, -0.2) is 9.59 Å². The molecule has 2 amide bonds. The van der Waals surface area contributed by atoms with E-state index in [1.165, 1.54) is 0 Å². The van der Waals surface area contributed by atoms with E-state index in [2.05, 4.69) is 15.6 Å². The Kier molecular flexibility index (Phi) is 7.74. The number of amides is 2. The molecule has 0 bridgehead atoms. The van der Waals surface area contributed by atoms with E-state index in [1.807, 2.05) is 13.0 Å². The fraction of sp³-hybridized carbons (Fsp3) is 0.471. The first kappa shape index (κ1) is 19.5. The Bertz CT molecular complexity index is 586. The molecule has 7 nitrogen and oxygen atoms in total. The third-order valence-electron chi connectivity index (χ3n) is 3.29. The van der Waals surface area contributed by atoms with Gasteiger partial charge in [0.2, 0.25) is 0 Å². The molecule has 1 rings (SSSR count). The summed E-state index contributed by atoms with van der Waals surface area (Å²) in [6.07, 6.45) is 0.785. The zero-order valence-electron chi connectivity index (χ0n) is 14.2. The molecule has 0 aromatic heterocycles. The van der Waals surface area contributed by atoms with Crippen molar-refractivity contribution in [2.24, 2.45) is 5.92 Å². The molecule has 0 saturated heterocycles. The number of benzene rings is 1. The van der Waals surface area contributed by atoms with Gasteiger partial charge in [-0.2, -0.15) is 5.48 Å². The van der Waals surface area contributed by atoms with Crippen molar-refractivity contribution in [2.45, 2.75) is 46.1 Å². The lowest BCUT2D eigenvalue weighted by Crippen LogP contribution is -2.36. The van der Waals surface area contributed by atoms with Crippen molar-refractivity contribution >= 4 is 18.0 Å². The fourth-order valence-corrected chi connectivity index (χ4v) is 2.13. The first-order chi connectivity index (χ1) is 11.3. The van der Waals surface area contributed by atoms with Crippen LogP contribution in [0.25, 0.3) is 0 Å². The first-order valence-electron chi connectivity index (χ1n) is 7.86. The summed E-state index contributed by atoms with van der Waals surface area (Å²) < 4.78 is 0. The Labute approximate surface area is 141 Å². The molecule has 1 aromatic rings. The SMILES string of the molecule is CC(CCC(=O)NOC(=O)NC(C)C)Cc1cccc(C(=O)O)c1. The number of carbonyl (C=O) groups excluding carboxylic acids is 2. The van der Waals surface area contributed by atoms with Crippen molar-refractivity contribution in [2.75, 3.05) is 0 Å². The van der Waals surface area contributed by atoms with Crippen LogP contribution in [0.2, 0.25) is 0 Å². The number of hydrogen-bond acceptors (Lipinski definition) is 4. The molecule has 1 aromatic carbocycles. The van der Waals surface area contributed by atoms with Gasteiger partial charge in [-0.1, -0.05) is 19.1 Å². The molecule has 0 aliphatic rings. The molecule has 7 heteroatoms. The van der Waals surface area contributed by atoms with Gasteiger partial charge in [-0.15, -0.1) is 0 Å². The third-order valence-corrected chi connectivity index (χ3v) is 3.29. The molecule has 0 heterocycles. The van der Waals surface area contributed by atoms with E-state index >= 15 is 0 Å². The van der Waals surface area contributed by atoms with Crippen molar-refractivity contribution in [3.63, 3.8) is 0 Å². The van der Waals surface area contributed by atoms with E-state index in [1.54, 1.807) is 32.0 Å². The van der Waals surface area contributed by atoms with E-state index in [0.29, 0.717) is 12.8 Å². The molecule has 24 heavy (non-hydrogen) atoms. The van der Waals surface area contributed by atoms with Crippen LogP contribution in [0.4, 0.5) is 4.79 Å². The van der Waals surface area contributed by atoms with Crippen LogP contribution in [0.5, 0.6) is 0 Å². The predicted molar refractivity (Wildman–Crippen MR) is 88.4 cm³/mol. The molecule has 0 saturated carbocycles. The van der Waals surface area contributed by atoms with Crippen LogP contribution in [-0.2, 0) is 16.1 Å². The Balaban J connectivity index is 2.34. The summed E-state index contributed by atoms with van der Waals surface area (Å²) in [7, 11) is 0. The number of carbonyl (C=O) groups is 3. The van der Waals surface area contributed by atoms with Crippen molar-refractivity contribution in [3.8, 4) is 0 Å². The molecule has 0 aliphatic carbocycles. The minimum Gasteiger partial charge on any atom is -0.478 e. The summed E-state index contributed by atoms with van der Waals surface area (Å²) in [5, 5.41) is 11.5. The van der Waals surface area contributed by atoms with E-state index in [0.717, 1.165) is 5.56 Å². The fourth-order valence-electron chi connectivity index (χ4n) is 2.13. The largest absolute Gasteiger partial charge is 0.478 e. The first-order valence-corrected chi connectivity index (χ1v) is 7.86. The van der Waals surface area contributed by atoms with Gasteiger partial charge in [0.15, 0.2) is 0 Å². The maximum atomic E-state index is 11.6. The second-order valence-electron chi connectivity index (χ2n) is 6.07. The molecule has 0 aliphatic heterocycles. The smallest absolute Gasteiger partial charge is 0.431 e. The van der Waals surface area contributed by atoms with Crippen LogP contribution in [0.1, 0.15) is 49.5 Å². The highest BCUT2D eigenvalue weighted by Gasteiger charge is 2.11. The number of rotatable bonds is 7. The minimum atomic E-state index is -0.958. The Morgan fingerprint density at radius 2 is 1.92 bits per heavy atom. The summed E-state index contributed by atoms with van der Waals surface area (Å²) in [6.45, 7) is 5.54. The highest BCUT2D eigenvalue weighted by Crippen LogP contribution is 2.15. The van der Waals surface area contributed by atoms with Gasteiger partial charge in [0.05, 0.1) is 5.56 Å². The standard InChI is InChI=1S/C17H24N2O5/c1-11(2)18-17(23)24-19-15(20)8-7-12(3)9-13-5-4-6-14(10-13)16(21)22/h4-6,10-12H,7-9H2,1-3H3,(H,18,23)(H,19,20)(H,21,22). The second kappa shape index (κ2) is 9.54. The van der Waals surface area contributed by atoms with E-state index in [4.69, 9.17) is 5.11 Å². The molecule has 0 fully saturated rings. The lowest BCUT2D eigenvalue weighted by molar-refractivity contribution is -0.129. The van der Waals surface area contributed by atoms with E-state index in [-0.39, 0.29) is 29.9 Å². The highest BCUT2D eigenvalue weighted by molar-refractivity contribution is 5.87. The molecule has 0 radical (unpaired) electrons. The average Bonchev–Trinajstić information content (AvgIpc) is 2.50. The monoisotopic (exact) mass is 336 g/mol. The lowest BCUT2D eigenvalue weighted by atomic mass is 9.95. The number of carboxylic acids is 1. The highest BCUT2D eigenvalue weighted by atomic mass is 16.7. The quantitative estimate of drug-likeness (QED) is 0.664. The summed E-state index contributed by atoms with van der Waals surface area (Å²) in [6, 6.07) is 6.68. The van der Waals surface area contributed by atoms with Crippen LogP contribution in [0.3, 0.4) is 0 Å². The van der Waals surface area contributed by atoms with E-state index in [9.17, 15) is 14.4 Å². The number of aromatic carboxylic acids is 1. The van der Waals surface area contributed by atoms with Crippen LogP contribution in [-0.4, -0.2) is 29.1 Å².